The summed E-state index contributed by atoms with van der Waals surface area (Å²) in [5.74, 6) is -0.182. The summed E-state index contributed by atoms with van der Waals surface area (Å²) in [6.45, 7) is 2.49. The Kier molecular flexibility index (Phi) is 5.76. The van der Waals surface area contributed by atoms with Crippen molar-refractivity contribution in [2.75, 3.05) is 5.32 Å². The topological polar surface area (TPSA) is 54.0 Å². The molecule has 0 unspecified atom stereocenters. The van der Waals surface area contributed by atoms with Crippen LogP contribution in [-0.4, -0.2) is 10.9 Å². The summed E-state index contributed by atoms with van der Waals surface area (Å²) in [5.41, 5.74) is 4.15. The van der Waals surface area contributed by atoms with Crippen molar-refractivity contribution in [1.82, 2.24) is 10.3 Å². The van der Waals surface area contributed by atoms with Crippen molar-refractivity contribution in [1.29, 1.82) is 0 Å². The average Bonchev–Trinajstić information content (AvgIpc) is 2.64. The highest BCUT2D eigenvalue weighted by Gasteiger charge is 2.08. The van der Waals surface area contributed by atoms with Crippen molar-refractivity contribution in [3.63, 3.8) is 0 Å². The highest BCUT2D eigenvalue weighted by molar-refractivity contribution is 6.42. The number of anilines is 2. The Labute approximate surface area is 162 Å². The number of carbonyl (C=O) groups is 1. The van der Waals surface area contributed by atoms with Crippen LogP contribution in [0, 0.1) is 6.92 Å². The zero-order valence-corrected chi connectivity index (χ0v) is 15.6. The maximum Gasteiger partial charge on any atom is 0.253 e. The lowest BCUT2D eigenvalue weighted by atomic mass is 10.1. The summed E-state index contributed by atoms with van der Waals surface area (Å²) in [4.78, 5) is 16.5. The van der Waals surface area contributed by atoms with E-state index in [1.165, 1.54) is 6.20 Å². The molecule has 0 fully saturated rings. The minimum absolute atomic E-state index is 0.182. The molecule has 6 heteroatoms. The predicted molar refractivity (Wildman–Crippen MR) is 106 cm³/mol. The van der Waals surface area contributed by atoms with Crippen LogP contribution in [0.2, 0.25) is 10.0 Å². The first-order chi connectivity index (χ1) is 12.5. The summed E-state index contributed by atoms with van der Waals surface area (Å²) in [6, 6.07) is 14.9. The molecule has 2 N–H and O–H groups in total. The normalized spacial score (nSPS) is 10.4. The Bertz CT molecular complexity index is 944. The van der Waals surface area contributed by atoms with Gasteiger partial charge >= 0.3 is 0 Å². The number of nitrogens with zero attached hydrogens (tertiary/aromatic N) is 1. The van der Waals surface area contributed by atoms with E-state index in [9.17, 15) is 4.79 Å². The number of amides is 1. The first-order valence-corrected chi connectivity index (χ1v) is 8.78. The molecule has 0 aliphatic rings. The van der Waals surface area contributed by atoms with E-state index in [4.69, 9.17) is 23.2 Å². The number of carbonyl (C=O) groups excluding carboxylic acids is 1. The van der Waals surface area contributed by atoms with Gasteiger partial charge in [0.1, 0.15) is 0 Å². The van der Waals surface area contributed by atoms with Crippen LogP contribution >= 0.6 is 23.2 Å². The second kappa shape index (κ2) is 8.21. The van der Waals surface area contributed by atoms with E-state index in [2.05, 4.69) is 15.6 Å². The number of hydrogen-bond acceptors (Lipinski definition) is 3. The Balaban J connectivity index is 1.69. The molecule has 0 aliphatic heterocycles. The maximum absolute atomic E-state index is 12.4. The molecule has 2 aromatic carbocycles. The summed E-state index contributed by atoms with van der Waals surface area (Å²) in [6.07, 6.45) is 3.17. The van der Waals surface area contributed by atoms with Gasteiger partial charge in [-0.2, -0.15) is 0 Å². The molecule has 4 nitrogen and oxygen atoms in total. The van der Waals surface area contributed by atoms with E-state index in [0.717, 1.165) is 16.8 Å². The SMILES string of the molecule is Cc1ccccc1CNC(=O)c1cncc(Nc2ccc(Cl)c(Cl)c2)c1. The number of pyridine rings is 1. The van der Waals surface area contributed by atoms with E-state index < -0.39 is 0 Å². The van der Waals surface area contributed by atoms with Crippen LogP contribution in [0.1, 0.15) is 21.5 Å². The van der Waals surface area contributed by atoms with Crippen molar-refractivity contribution in [2.45, 2.75) is 13.5 Å². The highest BCUT2D eigenvalue weighted by atomic mass is 35.5. The average molecular weight is 386 g/mol. The molecule has 1 aromatic heterocycles. The van der Waals surface area contributed by atoms with Crippen molar-refractivity contribution in [2.24, 2.45) is 0 Å². The van der Waals surface area contributed by atoms with E-state index >= 15 is 0 Å². The van der Waals surface area contributed by atoms with Crippen molar-refractivity contribution >= 4 is 40.5 Å². The van der Waals surface area contributed by atoms with Crippen molar-refractivity contribution in [3.8, 4) is 0 Å². The Hall–Kier alpha value is -2.56. The molecular formula is C20H17Cl2N3O. The van der Waals surface area contributed by atoms with Gasteiger partial charge in [0.25, 0.3) is 5.91 Å². The van der Waals surface area contributed by atoms with Gasteiger partial charge in [0.15, 0.2) is 0 Å². The van der Waals surface area contributed by atoms with Gasteiger partial charge in [-0.3, -0.25) is 9.78 Å². The fraction of sp³-hybridized carbons (Fsp3) is 0.100. The monoisotopic (exact) mass is 385 g/mol. The minimum atomic E-state index is -0.182. The second-order valence-electron chi connectivity index (χ2n) is 5.83. The third-order valence-electron chi connectivity index (χ3n) is 3.91. The molecule has 0 saturated heterocycles. The van der Waals surface area contributed by atoms with Gasteiger partial charge < -0.3 is 10.6 Å². The molecule has 0 spiro atoms. The number of hydrogen-bond donors (Lipinski definition) is 2. The number of nitrogens with one attached hydrogen (secondary N) is 2. The van der Waals surface area contributed by atoms with Gasteiger partial charge in [-0.25, -0.2) is 0 Å². The summed E-state index contributed by atoms with van der Waals surface area (Å²) < 4.78 is 0. The van der Waals surface area contributed by atoms with Gasteiger partial charge in [-0.15, -0.1) is 0 Å². The molecule has 1 amide bonds. The van der Waals surface area contributed by atoms with Crippen LogP contribution in [0.3, 0.4) is 0 Å². The first-order valence-electron chi connectivity index (χ1n) is 8.03. The van der Waals surface area contributed by atoms with Gasteiger partial charge in [-0.1, -0.05) is 47.5 Å². The molecule has 1 heterocycles. The van der Waals surface area contributed by atoms with Crippen LogP contribution < -0.4 is 10.6 Å². The molecule has 26 heavy (non-hydrogen) atoms. The molecule has 3 rings (SSSR count). The molecule has 0 radical (unpaired) electrons. The van der Waals surface area contributed by atoms with E-state index in [0.29, 0.717) is 27.8 Å². The third-order valence-corrected chi connectivity index (χ3v) is 4.65. The quantitative estimate of drug-likeness (QED) is 0.620. The van der Waals surface area contributed by atoms with Crippen LogP contribution in [-0.2, 0) is 6.54 Å². The molecular weight excluding hydrogens is 369 g/mol. The predicted octanol–water partition coefficient (Wildman–Crippen LogP) is 5.37. The van der Waals surface area contributed by atoms with Gasteiger partial charge in [0, 0.05) is 18.4 Å². The highest BCUT2D eigenvalue weighted by Crippen LogP contribution is 2.27. The number of benzene rings is 2. The van der Waals surface area contributed by atoms with E-state index in [1.54, 1.807) is 30.5 Å². The fourth-order valence-corrected chi connectivity index (χ4v) is 2.76. The molecule has 0 saturated carbocycles. The molecule has 132 valence electrons. The van der Waals surface area contributed by atoms with Crippen molar-refractivity contribution in [3.05, 3.63) is 87.7 Å². The summed E-state index contributed by atoms with van der Waals surface area (Å²) in [7, 11) is 0. The number of rotatable bonds is 5. The third kappa shape index (κ3) is 4.54. The molecule has 0 atom stereocenters. The van der Waals surface area contributed by atoms with Crippen LogP contribution in [0.4, 0.5) is 11.4 Å². The second-order valence-corrected chi connectivity index (χ2v) is 6.64. The van der Waals surface area contributed by atoms with E-state index in [-0.39, 0.29) is 5.91 Å². The van der Waals surface area contributed by atoms with Crippen LogP contribution in [0.25, 0.3) is 0 Å². The lowest BCUT2D eigenvalue weighted by molar-refractivity contribution is 0.0950. The standard InChI is InChI=1S/C20H17Cl2N3O/c1-13-4-2-3-5-14(13)11-24-20(26)15-8-17(12-23-10-15)25-16-6-7-18(21)19(22)9-16/h2-10,12,25H,11H2,1H3,(H,24,26). The number of aromatic nitrogens is 1. The first kappa shape index (κ1) is 18.2. The Morgan fingerprint density at radius 1 is 1.00 bits per heavy atom. The zero-order chi connectivity index (χ0) is 18.5. The Morgan fingerprint density at radius 3 is 2.58 bits per heavy atom. The summed E-state index contributed by atoms with van der Waals surface area (Å²) in [5, 5.41) is 7.02. The zero-order valence-electron chi connectivity index (χ0n) is 14.1. The Morgan fingerprint density at radius 2 is 1.81 bits per heavy atom. The molecule has 3 aromatic rings. The van der Waals surface area contributed by atoms with Gasteiger partial charge in [-0.05, 0) is 42.3 Å². The smallest absolute Gasteiger partial charge is 0.253 e. The van der Waals surface area contributed by atoms with E-state index in [1.807, 2.05) is 31.2 Å². The molecule has 0 aliphatic carbocycles. The lowest BCUT2D eigenvalue weighted by Crippen LogP contribution is -2.23. The van der Waals surface area contributed by atoms with Gasteiger partial charge in [0.05, 0.1) is 27.5 Å². The number of aryl methyl sites for hydroxylation is 1. The summed E-state index contributed by atoms with van der Waals surface area (Å²) >= 11 is 11.9. The number of halogens is 2. The van der Waals surface area contributed by atoms with Crippen LogP contribution in [0.5, 0.6) is 0 Å². The fourth-order valence-electron chi connectivity index (χ4n) is 2.46. The molecule has 0 bridgehead atoms. The maximum atomic E-state index is 12.4. The lowest BCUT2D eigenvalue weighted by Gasteiger charge is -2.10. The largest absolute Gasteiger partial charge is 0.354 e. The van der Waals surface area contributed by atoms with Gasteiger partial charge in [0.2, 0.25) is 0 Å². The minimum Gasteiger partial charge on any atom is -0.354 e. The van der Waals surface area contributed by atoms with Crippen molar-refractivity contribution < 1.29 is 4.79 Å². The van der Waals surface area contributed by atoms with Crippen LogP contribution in [0.15, 0.2) is 60.9 Å².